The summed E-state index contributed by atoms with van der Waals surface area (Å²) in [7, 11) is 3.69. The molecule has 1 aliphatic heterocycles. The van der Waals surface area contributed by atoms with Gasteiger partial charge in [0.15, 0.2) is 0 Å². The van der Waals surface area contributed by atoms with Crippen molar-refractivity contribution in [1.29, 1.82) is 0 Å². The third kappa shape index (κ3) is 38.1. The summed E-state index contributed by atoms with van der Waals surface area (Å²) in [5.41, 5.74) is 0.176. The largest absolute Gasteiger partial charge is 0.478 e. The van der Waals surface area contributed by atoms with E-state index < -0.39 is 17.9 Å². The van der Waals surface area contributed by atoms with Crippen LogP contribution in [0.4, 0.5) is 0 Å². The molecule has 0 aromatic carbocycles. The van der Waals surface area contributed by atoms with Crippen molar-refractivity contribution >= 4 is 39.5 Å². The maximum atomic E-state index is 9.60. The first-order valence-electron chi connectivity index (χ1n) is 5.21. The summed E-state index contributed by atoms with van der Waals surface area (Å²) in [5, 5.41) is 25.2. The van der Waals surface area contributed by atoms with Crippen LogP contribution in [0.3, 0.4) is 0 Å². The van der Waals surface area contributed by atoms with E-state index in [0.717, 1.165) is 12.2 Å². The molecule has 0 aromatic heterocycles. The van der Waals surface area contributed by atoms with Crippen LogP contribution in [0, 0.1) is 0 Å². The van der Waals surface area contributed by atoms with E-state index in [2.05, 4.69) is 31.2 Å². The number of carboxylic acids is 3. The van der Waals surface area contributed by atoms with Gasteiger partial charge in [-0.25, -0.2) is 14.4 Å². The van der Waals surface area contributed by atoms with Gasteiger partial charge in [0.25, 0.3) is 0 Å². The summed E-state index contributed by atoms with van der Waals surface area (Å²) in [4.78, 5) is 28.1. The standard InChI is InChI=1S/C4H6O2.2C3H4O2.C3H4S2/c1-3(2)4(5)6;2*1-2-3(4)5;1-2-4-5-3-1/h1H2,2H3,(H,5,6);2*2H,1H2,(H,4,5);1-2H,3H2. The second-order valence-electron chi connectivity index (χ2n) is 2.92. The van der Waals surface area contributed by atoms with Crippen LogP contribution in [-0.4, -0.2) is 39.0 Å². The lowest BCUT2D eigenvalue weighted by Gasteiger charge is -1.79. The summed E-state index contributed by atoms with van der Waals surface area (Å²) < 4.78 is 0. The minimum absolute atomic E-state index is 0.176. The first kappa shape index (κ1) is 24.1. The Labute approximate surface area is 131 Å². The van der Waals surface area contributed by atoms with Crippen LogP contribution in [0.2, 0.25) is 0 Å². The van der Waals surface area contributed by atoms with Gasteiger partial charge in [-0.2, -0.15) is 0 Å². The van der Waals surface area contributed by atoms with Crippen molar-refractivity contribution in [3.8, 4) is 0 Å². The van der Waals surface area contributed by atoms with Crippen molar-refractivity contribution in [3.63, 3.8) is 0 Å². The van der Waals surface area contributed by atoms with Gasteiger partial charge in [0.05, 0.1) is 0 Å². The van der Waals surface area contributed by atoms with Gasteiger partial charge in [-0.1, -0.05) is 47.4 Å². The molecule has 1 heterocycles. The Morgan fingerprint density at radius 1 is 1.10 bits per heavy atom. The number of hydrogen-bond acceptors (Lipinski definition) is 5. The SMILES string of the molecule is C1=CSSC1.C=C(C)C(=O)O.C=CC(=O)O.C=CC(=O)O. The molecule has 3 N–H and O–H groups in total. The molecule has 0 amide bonds. The minimum Gasteiger partial charge on any atom is -0.478 e. The first-order chi connectivity index (χ1) is 9.68. The smallest absolute Gasteiger partial charge is 0.330 e. The molecule has 6 nitrogen and oxygen atoms in total. The average Bonchev–Trinajstić information content (AvgIpc) is 2.99. The molecule has 0 saturated carbocycles. The summed E-state index contributed by atoms with van der Waals surface area (Å²) in [5.74, 6) is -1.70. The normalized spacial score (nSPS) is 10.1. The maximum Gasteiger partial charge on any atom is 0.330 e. The highest BCUT2D eigenvalue weighted by Gasteiger charge is 1.90. The highest BCUT2D eigenvalue weighted by molar-refractivity contribution is 8.78. The summed E-state index contributed by atoms with van der Waals surface area (Å²) in [6.07, 6.45) is 3.83. The molecule has 0 atom stereocenters. The molecular formula is C13H18O6S2. The van der Waals surface area contributed by atoms with Gasteiger partial charge in [0.2, 0.25) is 0 Å². The molecule has 0 unspecified atom stereocenters. The molecule has 21 heavy (non-hydrogen) atoms. The number of carboxylic acid groups (broad SMARTS) is 3. The van der Waals surface area contributed by atoms with Gasteiger partial charge in [-0.05, 0) is 12.3 Å². The zero-order valence-electron chi connectivity index (χ0n) is 11.5. The van der Waals surface area contributed by atoms with Gasteiger partial charge >= 0.3 is 17.9 Å². The Kier molecular flexibility index (Phi) is 20.7. The first-order valence-corrected chi connectivity index (χ1v) is 7.60. The summed E-state index contributed by atoms with van der Waals surface area (Å²) >= 11 is 0. The van der Waals surface area contributed by atoms with E-state index in [1.165, 1.54) is 12.7 Å². The van der Waals surface area contributed by atoms with E-state index >= 15 is 0 Å². The lowest BCUT2D eigenvalue weighted by Crippen LogP contribution is -1.92. The summed E-state index contributed by atoms with van der Waals surface area (Å²) in [6.45, 7) is 10.5. The topological polar surface area (TPSA) is 112 Å². The molecular weight excluding hydrogens is 316 g/mol. The van der Waals surface area contributed by atoms with E-state index in [-0.39, 0.29) is 5.57 Å². The maximum absolute atomic E-state index is 9.60. The Morgan fingerprint density at radius 3 is 1.48 bits per heavy atom. The van der Waals surface area contributed by atoms with E-state index in [1.54, 1.807) is 0 Å². The molecule has 118 valence electrons. The lowest BCUT2D eigenvalue weighted by molar-refractivity contribution is -0.133. The highest BCUT2D eigenvalue weighted by atomic mass is 33.1. The molecule has 1 aliphatic rings. The van der Waals surface area contributed by atoms with E-state index in [0.29, 0.717) is 0 Å². The molecule has 8 heteroatoms. The summed E-state index contributed by atoms with van der Waals surface area (Å²) in [6, 6.07) is 0. The predicted molar refractivity (Wildman–Crippen MR) is 87.3 cm³/mol. The van der Waals surface area contributed by atoms with Crippen LogP contribution in [0.5, 0.6) is 0 Å². The van der Waals surface area contributed by atoms with Crippen LogP contribution in [0.1, 0.15) is 6.92 Å². The van der Waals surface area contributed by atoms with E-state index in [9.17, 15) is 14.4 Å². The van der Waals surface area contributed by atoms with Crippen molar-refractivity contribution in [1.82, 2.24) is 0 Å². The zero-order valence-corrected chi connectivity index (χ0v) is 13.2. The van der Waals surface area contributed by atoms with Crippen LogP contribution in [0.25, 0.3) is 0 Å². The van der Waals surface area contributed by atoms with Gasteiger partial charge in [-0.3, -0.25) is 0 Å². The Morgan fingerprint density at radius 2 is 1.43 bits per heavy atom. The number of hydrogen-bond donors (Lipinski definition) is 3. The molecule has 1 rings (SSSR count). The predicted octanol–water partition coefficient (Wildman–Crippen LogP) is 3.06. The fourth-order valence-electron chi connectivity index (χ4n) is 0.196. The fourth-order valence-corrected chi connectivity index (χ4v) is 1.77. The van der Waals surface area contributed by atoms with Crippen LogP contribution < -0.4 is 0 Å². The molecule has 0 bridgehead atoms. The number of rotatable bonds is 3. The second kappa shape index (κ2) is 18.1. The van der Waals surface area contributed by atoms with Gasteiger partial charge in [0, 0.05) is 23.5 Å². The zero-order chi connectivity index (χ0) is 17.3. The van der Waals surface area contributed by atoms with Gasteiger partial charge in [0.1, 0.15) is 0 Å². The Bertz CT molecular complexity index is 365. The van der Waals surface area contributed by atoms with Crippen LogP contribution >= 0.6 is 21.6 Å². The van der Waals surface area contributed by atoms with Gasteiger partial charge < -0.3 is 15.3 Å². The molecule has 0 saturated heterocycles. The molecule has 0 spiro atoms. The van der Waals surface area contributed by atoms with Crippen molar-refractivity contribution in [2.45, 2.75) is 6.92 Å². The van der Waals surface area contributed by atoms with Crippen LogP contribution in [0.15, 0.2) is 48.9 Å². The number of aliphatic carboxylic acids is 3. The average molecular weight is 334 g/mol. The Balaban J connectivity index is -0.000000206. The van der Waals surface area contributed by atoms with Gasteiger partial charge in [-0.15, -0.1) is 0 Å². The van der Waals surface area contributed by atoms with Crippen molar-refractivity contribution in [2.24, 2.45) is 0 Å². The Hall–Kier alpha value is -1.93. The third-order valence-electron chi connectivity index (χ3n) is 1.10. The highest BCUT2D eigenvalue weighted by Crippen LogP contribution is 2.27. The molecule has 0 fully saturated rings. The third-order valence-corrected chi connectivity index (χ3v) is 3.02. The molecule has 0 aromatic rings. The van der Waals surface area contributed by atoms with Crippen molar-refractivity contribution in [2.75, 3.05) is 5.75 Å². The molecule has 0 aliphatic carbocycles. The quantitative estimate of drug-likeness (QED) is 0.533. The van der Waals surface area contributed by atoms with E-state index in [1.807, 2.05) is 21.6 Å². The molecule has 0 radical (unpaired) electrons. The second-order valence-corrected chi connectivity index (χ2v) is 5.24. The lowest BCUT2D eigenvalue weighted by atomic mass is 10.4. The van der Waals surface area contributed by atoms with E-state index in [4.69, 9.17) is 15.3 Å². The monoisotopic (exact) mass is 334 g/mol. The fraction of sp³-hybridized carbons (Fsp3) is 0.154. The number of carbonyl (C=O) groups is 3. The van der Waals surface area contributed by atoms with Crippen molar-refractivity contribution in [3.05, 3.63) is 48.9 Å². The van der Waals surface area contributed by atoms with Crippen molar-refractivity contribution < 1.29 is 29.7 Å². The minimum atomic E-state index is -0.981. The van der Waals surface area contributed by atoms with Crippen LogP contribution in [-0.2, 0) is 14.4 Å².